The Morgan fingerprint density at radius 2 is 2.00 bits per heavy atom. The molecule has 0 aliphatic rings. The Balaban J connectivity index is 2.20. The number of anilines is 1. The minimum absolute atomic E-state index is 0.0400. The van der Waals surface area contributed by atoms with Crippen LogP contribution in [0.3, 0.4) is 0 Å². The highest BCUT2D eigenvalue weighted by atomic mass is 19.4. The molecule has 1 heterocycles. The largest absolute Gasteiger partial charge is 0.487 e. The number of carbonyl (C=O) groups is 1. The smallest absolute Gasteiger partial charge is 0.433 e. The molecule has 0 radical (unpaired) electrons. The highest BCUT2D eigenvalue weighted by molar-refractivity contribution is 5.91. The number of alkyl halides is 5. The summed E-state index contributed by atoms with van der Waals surface area (Å²) >= 11 is 0. The molecule has 0 fully saturated rings. The van der Waals surface area contributed by atoms with E-state index in [2.05, 4.69) is 10.4 Å². The van der Waals surface area contributed by atoms with Crippen molar-refractivity contribution in [1.29, 1.82) is 0 Å². The summed E-state index contributed by atoms with van der Waals surface area (Å²) in [7, 11) is 0. The number of aromatic nitrogens is 2. The van der Waals surface area contributed by atoms with E-state index in [1.807, 2.05) is 0 Å². The van der Waals surface area contributed by atoms with E-state index in [1.165, 1.54) is 6.92 Å². The third-order valence-electron chi connectivity index (χ3n) is 3.25. The van der Waals surface area contributed by atoms with Gasteiger partial charge >= 0.3 is 6.18 Å². The molecule has 0 saturated heterocycles. The van der Waals surface area contributed by atoms with Crippen molar-refractivity contribution in [2.45, 2.75) is 26.1 Å². The second kappa shape index (κ2) is 8.19. The van der Waals surface area contributed by atoms with E-state index in [0.717, 1.165) is 24.3 Å². The molecule has 2 rings (SSSR count). The highest BCUT2D eigenvalue weighted by Crippen LogP contribution is 2.30. The topological polar surface area (TPSA) is 99.3 Å². The molecule has 0 spiro atoms. The molecule has 1 aromatic carbocycles. The lowest BCUT2D eigenvalue weighted by Crippen LogP contribution is -2.23. The number of amides is 1. The number of halogens is 5. The average Bonchev–Trinajstić information content (AvgIpc) is 2.93. The van der Waals surface area contributed by atoms with Crippen molar-refractivity contribution in [1.82, 2.24) is 9.78 Å². The van der Waals surface area contributed by atoms with Gasteiger partial charge in [0.15, 0.2) is 0 Å². The van der Waals surface area contributed by atoms with Gasteiger partial charge in [-0.25, -0.2) is 8.78 Å². The second-order valence-electron chi connectivity index (χ2n) is 5.55. The summed E-state index contributed by atoms with van der Waals surface area (Å²) < 4.78 is 68.4. The Labute approximate surface area is 154 Å². The van der Waals surface area contributed by atoms with E-state index < -0.39 is 48.0 Å². The number of carbonyl (C=O) groups excluding carboxylic acids is 1. The number of hydrogen-bond acceptors (Lipinski definition) is 5. The van der Waals surface area contributed by atoms with Crippen molar-refractivity contribution < 1.29 is 36.4 Å². The molecule has 0 aliphatic heterocycles. The molecule has 0 bridgehead atoms. The van der Waals surface area contributed by atoms with Gasteiger partial charge in [-0.05, 0) is 13.0 Å². The Hall–Kier alpha value is -3.25. The van der Waals surface area contributed by atoms with E-state index in [9.17, 15) is 36.9 Å². The maximum atomic E-state index is 12.9. The first-order valence-electron chi connectivity index (χ1n) is 7.57. The van der Waals surface area contributed by atoms with Crippen LogP contribution in [0.2, 0.25) is 0 Å². The van der Waals surface area contributed by atoms with Crippen LogP contribution in [0.5, 0.6) is 5.75 Å². The SMILES string of the molecule is Cc1cc(C(F)(F)F)n(CC(=O)Nc2cc(OCC(F)F)cc([N+](=O)[O-])c2)n1. The number of aryl methyl sites for hydroxylation is 1. The summed E-state index contributed by atoms with van der Waals surface area (Å²) in [6, 6.07) is 3.58. The van der Waals surface area contributed by atoms with E-state index in [1.54, 1.807) is 0 Å². The first kappa shape index (κ1) is 21.1. The number of benzene rings is 1. The minimum Gasteiger partial charge on any atom is -0.487 e. The molecule has 13 heteroatoms. The van der Waals surface area contributed by atoms with Crippen LogP contribution in [0.1, 0.15) is 11.4 Å². The lowest BCUT2D eigenvalue weighted by molar-refractivity contribution is -0.384. The molecule has 2 aromatic rings. The molecule has 1 aromatic heterocycles. The fourth-order valence-corrected chi connectivity index (χ4v) is 2.23. The third kappa shape index (κ3) is 5.62. The van der Waals surface area contributed by atoms with Crippen LogP contribution in [-0.4, -0.2) is 33.6 Å². The Morgan fingerprint density at radius 1 is 1.32 bits per heavy atom. The molecule has 152 valence electrons. The molecule has 0 aliphatic carbocycles. The maximum Gasteiger partial charge on any atom is 0.433 e. The zero-order chi connectivity index (χ0) is 21.1. The molecule has 0 atom stereocenters. The van der Waals surface area contributed by atoms with Crippen molar-refractivity contribution in [2.24, 2.45) is 0 Å². The van der Waals surface area contributed by atoms with Crippen LogP contribution in [-0.2, 0) is 17.5 Å². The normalized spacial score (nSPS) is 11.5. The van der Waals surface area contributed by atoms with Gasteiger partial charge in [-0.15, -0.1) is 0 Å². The van der Waals surface area contributed by atoms with Gasteiger partial charge < -0.3 is 10.1 Å². The predicted octanol–water partition coefficient (Wildman–Crippen LogP) is 3.40. The zero-order valence-electron chi connectivity index (χ0n) is 14.2. The minimum atomic E-state index is -4.73. The number of nitro groups is 1. The highest BCUT2D eigenvalue weighted by Gasteiger charge is 2.35. The van der Waals surface area contributed by atoms with E-state index in [0.29, 0.717) is 4.68 Å². The first-order chi connectivity index (χ1) is 13.0. The van der Waals surface area contributed by atoms with Crippen LogP contribution in [0.25, 0.3) is 0 Å². The number of hydrogen-bond donors (Lipinski definition) is 1. The van der Waals surface area contributed by atoms with E-state index >= 15 is 0 Å². The van der Waals surface area contributed by atoms with Crippen LogP contribution in [0.15, 0.2) is 24.3 Å². The number of nitrogens with zero attached hydrogens (tertiary/aromatic N) is 3. The van der Waals surface area contributed by atoms with Crippen molar-refractivity contribution in [3.8, 4) is 5.75 Å². The Kier molecular flexibility index (Phi) is 6.16. The van der Waals surface area contributed by atoms with Gasteiger partial charge in [0.2, 0.25) is 5.91 Å². The monoisotopic (exact) mass is 408 g/mol. The van der Waals surface area contributed by atoms with Gasteiger partial charge in [0.25, 0.3) is 12.1 Å². The van der Waals surface area contributed by atoms with E-state index in [4.69, 9.17) is 4.74 Å². The molecular weight excluding hydrogens is 395 g/mol. The first-order valence-corrected chi connectivity index (χ1v) is 7.57. The molecule has 1 amide bonds. The number of nitro benzene ring substituents is 1. The van der Waals surface area contributed by atoms with Gasteiger partial charge in [-0.2, -0.15) is 18.3 Å². The fraction of sp³-hybridized carbons (Fsp3) is 0.333. The van der Waals surface area contributed by atoms with Gasteiger partial charge in [0, 0.05) is 12.1 Å². The summed E-state index contributed by atoms with van der Waals surface area (Å²) in [5.41, 5.74) is -1.87. The molecule has 0 unspecified atom stereocenters. The fourth-order valence-electron chi connectivity index (χ4n) is 2.23. The van der Waals surface area contributed by atoms with Gasteiger partial charge in [-0.1, -0.05) is 0 Å². The average molecular weight is 408 g/mol. The summed E-state index contributed by atoms with van der Waals surface area (Å²) in [6.07, 6.45) is -7.57. The Bertz CT molecular complexity index is 882. The Morgan fingerprint density at radius 3 is 2.57 bits per heavy atom. The summed E-state index contributed by atoms with van der Waals surface area (Å²) in [4.78, 5) is 22.1. The van der Waals surface area contributed by atoms with Gasteiger partial charge in [0.1, 0.15) is 24.6 Å². The molecule has 28 heavy (non-hydrogen) atoms. The van der Waals surface area contributed by atoms with Crippen molar-refractivity contribution in [2.75, 3.05) is 11.9 Å². The third-order valence-corrected chi connectivity index (χ3v) is 3.25. The molecule has 0 saturated carbocycles. The molecule has 1 N–H and O–H groups in total. The number of non-ortho nitro benzene ring substituents is 1. The van der Waals surface area contributed by atoms with Crippen molar-refractivity contribution >= 4 is 17.3 Å². The number of ether oxygens (including phenoxy) is 1. The van der Waals surface area contributed by atoms with Crippen LogP contribution in [0, 0.1) is 17.0 Å². The number of rotatable bonds is 7. The lowest BCUT2D eigenvalue weighted by atomic mass is 10.2. The molecule has 8 nitrogen and oxygen atoms in total. The summed E-state index contributed by atoms with van der Waals surface area (Å²) in [6.45, 7) is -0.536. The second-order valence-corrected chi connectivity index (χ2v) is 5.55. The predicted molar refractivity (Wildman–Crippen MR) is 85.2 cm³/mol. The van der Waals surface area contributed by atoms with E-state index in [-0.39, 0.29) is 17.1 Å². The zero-order valence-corrected chi connectivity index (χ0v) is 14.2. The summed E-state index contributed by atoms with van der Waals surface area (Å²) in [5.74, 6) is -1.27. The van der Waals surface area contributed by atoms with Crippen molar-refractivity contribution in [3.05, 3.63) is 45.8 Å². The van der Waals surface area contributed by atoms with Crippen molar-refractivity contribution in [3.63, 3.8) is 0 Å². The molecular formula is C15H13F5N4O4. The summed E-state index contributed by atoms with van der Waals surface area (Å²) in [5, 5.41) is 16.7. The maximum absolute atomic E-state index is 12.9. The van der Waals surface area contributed by atoms with Crippen LogP contribution in [0.4, 0.5) is 33.3 Å². The standard InChI is InChI=1S/C15H13F5N4O4/c1-8-2-12(15(18,19)20)23(22-8)6-14(25)21-9-3-10(24(26)27)5-11(4-9)28-7-13(16)17/h2-5,13H,6-7H2,1H3,(H,21,25). The van der Waals surface area contributed by atoms with Gasteiger partial charge in [-0.3, -0.25) is 19.6 Å². The number of nitrogens with one attached hydrogen (secondary N) is 1. The van der Waals surface area contributed by atoms with Crippen LogP contribution >= 0.6 is 0 Å². The van der Waals surface area contributed by atoms with Crippen LogP contribution < -0.4 is 10.1 Å². The lowest BCUT2D eigenvalue weighted by Gasteiger charge is -2.11. The quantitative estimate of drug-likeness (QED) is 0.430. The van der Waals surface area contributed by atoms with Gasteiger partial charge in [0.05, 0.1) is 22.4 Å².